The Labute approximate surface area is 120 Å². The minimum atomic E-state index is -3.48. The predicted octanol–water partition coefficient (Wildman–Crippen LogP) is 1.09. The van der Waals surface area contributed by atoms with Crippen LogP contribution in [0, 0.1) is 5.41 Å². The Hall–Kier alpha value is -0.920. The molecule has 0 aromatic carbocycles. The number of nitrogens with one attached hydrogen (secondary N) is 1. The molecule has 1 aliphatic carbocycles. The van der Waals surface area contributed by atoms with Crippen LogP contribution in [0.15, 0.2) is 17.3 Å². The maximum Gasteiger partial charge on any atom is 0.243 e. The van der Waals surface area contributed by atoms with Crippen LogP contribution in [-0.2, 0) is 16.6 Å². The summed E-state index contributed by atoms with van der Waals surface area (Å²) in [4.78, 5) is 0.217. The summed E-state index contributed by atoms with van der Waals surface area (Å²) < 4.78 is 29.0. The van der Waals surface area contributed by atoms with Gasteiger partial charge < -0.3 is 5.73 Å². The van der Waals surface area contributed by atoms with E-state index in [1.807, 2.05) is 0 Å². The van der Waals surface area contributed by atoms with E-state index in [2.05, 4.69) is 23.7 Å². The maximum absolute atomic E-state index is 12.3. The van der Waals surface area contributed by atoms with E-state index in [0.717, 1.165) is 25.7 Å². The Bertz CT molecular complexity index is 550. The Kier molecular flexibility index (Phi) is 4.51. The second kappa shape index (κ2) is 5.83. The fraction of sp³-hybridized carbons (Fsp3) is 0.769. The molecule has 7 heteroatoms. The Morgan fingerprint density at radius 2 is 2.30 bits per heavy atom. The monoisotopic (exact) mass is 300 g/mol. The molecule has 2 rings (SSSR count). The van der Waals surface area contributed by atoms with Crippen LogP contribution in [0.5, 0.6) is 0 Å². The van der Waals surface area contributed by atoms with Gasteiger partial charge in [-0.2, -0.15) is 5.10 Å². The first kappa shape index (κ1) is 15.5. The lowest BCUT2D eigenvalue weighted by molar-refractivity contribution is 0.212. The highest BCUT2D eigenvalue weighted by Gasteiger charge is 2.31. The summed E-state index contributed by atoms with van der Waals surface area (Å²) in [5.74, 6) is 0. The van der Waals surface area contributed by atoms with Crippen molar-refractivity contribution in [3.8, 4) is 0 Å². The predicted molar refractivity (Wildman–Crippen MR) is 77.6 cm³/mol. The van der Waals surface area contributed by atoms with E-state index in [4.69, 9.17) is 5.73 Å². The highest BCUT2D eigenvalue weighted by Crippen LogP contribution is 2.35. The highest BCUT2D eigenvalue weighted by molar-refractivity contribution is 7.89. The van der Waals surface area contributed by atoms with Crippen molar-refractivity contribution in [3.05, 3.63) is 12.4 Å². The largest absolute Gasteiger partial charge is 0.329 e. The van der Waals surface area contributed by atoms with Crippen molar-refractivity contribution in [3.63, 3.8) is 0 Å². The second-order valence-electron chi connectivity index (χ2n) is 6.31. The van der Waals surface area contributed by atoms with Crippen molar-refractivity contribution in [1.82, 2.24) is 14.5 Å². The molecule has 0 spiro atoms. The zero-order chi connectivity index (χ0) is 14.8. The number of hydrogen-bond acceptors (Lipinski definition) is 4. The van der Waals surface area contributed by atoms with E-state index in [-0.39, 0.29) is 16.4 Å². The van der Waals surface area contributed by atoms with Gasteiger partial charge in [0.25, 0.3) is 0 Å². The maximum atomic E-state index is 12.3. The molecule has 114 valence electrons. The van der Waals surface area contributed by atoms with Crippen molar-refractivity contribution < 1.29 is 8.42 Å². The smallest absolute Gasteiger partial charge is 0.243 e. The number of hydrogen-bond donors (Lipinski definition) is 2. The second-order valence-corrected chi connectivity index (χ2v) is 8.02. The molecule has 0 aliphatic heterocycles. The van der Waals surface area contributed by atoms with Crippen LogP contribution in [0.1, 0.15) is 39.5 Å². The molecular weight excluding hydrogens is 276 g/mol. The zero-order valence-electron chi connectivity index (χ0n) is 12.2. The van der Waals surface area contributed by atoms with Gasteiger partial charge in [0.05, 0.1) is 12.7 Å². The summed E-state index contributed by atoms with van der Waals surface area (Å²) in [5.41, 5.74) is 5.64. The van der Waals surface area contributed by atoms with E-state index in [9.17, 15) is 8.42 Å². The number of nitrogens with two attached hydrogens (primary N) is 1. The Morgan fingerprint density at radius 3 is 2.95 bits per heavy atom. The Balaban J connectivity index is 2.06. The normalized spacial score (nSPS) is 22.9. The molecule has 1 unspecified atom stereocenters. The fourth-order valence-electron chi connectivity index (χ4n) is 2.82. The lowest BCUT2D eigenvalue weighted by Gasteiger charge is -2.35. The quantitative estimate of drug-likeness (QED) is 0.851. The summed E-state index contributed by atoms with van der Waals surface area (Å²) in [7, 11) is -3.48. The lowest BCUT2D eigenvalue weighted by Crippen LogP contribution is -2.40. The van der Waals surface area contributed by atoms with Gasteiger partial charge in [0.1, 0.15) is 4.90 Å². The molecule has 20 heavy (non-hydrogen) atoms. The van der Waals surface area contributed by atoms with Crippen LogP contribution in [0.2, 0.25) is 0 Å². The highest BCUT2D eigenvalue weighted by atomic mass is 32.2. The summed E-state index contributed by atoms with van der Waals surface area (Å²) in [6, 6.07) is 0.0154. The third-order valence-electron chi connectivity index (χ3n) is 3.80. The third-order valence-corrected chi connectivity index (χ3v) is 5.28. The molecule has 1 saturated carbocycles. The van der Waals surface area contributed by atoms with E-state index in [0.29, 0.717) is 13.1 Å². The van der Waals surface area contributed by atoms with Crippen molar-refractivity contribution in [1.29, 1.82) is 0 Å². The molecule has 0 radical (unpaired) electrons. The zero-order valence-corrected chi connectivity index (χ0v) is 13.0. The van der Waals surface area contributed by atoms with Crippen LogP contribution in [0.4, 0.5) is 0 Å². The van der Waals surface area contributed by atoms with Crippen molar-refractivity contribution in [2.75, 3.05) is 6.54 Å². The topological polar surface area (TPSA) is 90.0 Å². The van der Waals surface area contributed by atoms with Crippen molar-refractivity contribution in [2.45, 2.75) is 57.0 Å². The van der Waals surface area contributed by atoms with Crippen LogP contribution in [0.3, 0.4) is 0 Å². The molecule has 3 N–H and O–H groups in total. The average molecular weight is 300 g/mol. The van der Waals surface area contributed by atoms with Gasteiger partial charge in [-0.3, -0.25) is 4.68 Å². The molecule has 6 nitrogen and oxygen atoms in total. The van der Waals surface area contributed by atoms with Gasteiger partial charge in [0.15, 0.2) is 0 Å². The third kappa shape index (κ3) is 3.80. The molecule has 1 aromatic heterocycles. The molecule has 1 aliphatic rings. The van der Waals surface area contributed by atoms with E-state index in [1.165, 1.54) is 12.4 Å². The molecule has 0 bridgehead atoms. The summed E-state index contributed by atoms with van der Waals surface area (Å²) >= 11 is 0. The van der Waals surface area contributed by atoms with Crippen molar-refractivity contribution >= 4 is 10.0 Å². The van der Waals surface area contributed by atoms with Crippen LogP contribution in [0.25, 0.3) is 0 Å². The molecule has 0 amide bonds. The Morgan fingerprint density at radius 1 is 1.55 bits per heavy atom. The molecule has 1 fully saturated rings. The number of nitrogens with zero attached hydrogens (tertiary/aromatic N) is 2. The van der Waals surface area contributed by atoms with E-state index >= 15 is 0 Å². The molecule has 1 heterocycles. The molecule has 0 saturated heterocycles. The number of rotatable bonds is 5. The van der Waals surface area contributed by atoms with Crippen LogP contribution >= 0.6 is 0 Å². The summed E-state index contributed by atoms with van der Waals surface area (Å²) in [5, 5.41) is 4.01. The van der Waals surface area contributed by atoms with E-state index < -0.39 is 10.0 Å². The first-order valence-corrected chi connectivity index (χ1v) is 8.56. The van der Waals surface area contributed by atoms with Gasteiger partial charge in [-0.05, 0) is 24.7 Å². The van der Waals surface area contributed by atoms with E-state index in [1.54, 1.807) is 4.68 Å². The average Bonchev–Trinajstić information content (AvgIpc) is 2.77. The summed E-state index contributed by atoms with van der Waals surface area (Å²) in [6.07, 6.45) is 6.91. The van der Waals surface area contributed by atoms with Gasteiger partial charge in [0.2, 0.25) is 10.0 Å². The standard InChI is InChI=1S/C13H24N4O2S/c1-13(2)5-3-4-11(8-13)16-20(18,19)12-9-15-17(10-12)7-6-14/h9-11,16H,3-8,14H2,1-2H3. The first-order valence-electron chi connectivity index (χ1n) is 7.07. The summed E-state index contributed by atoms with van der Waals surface area (Å²) in [6.45, 7) is 5.33. The van der Waals surface area contributed by atoms with Crippen molar-refractivity contribution in [2.24, 2.45) is 11.1 Å². The first-order chi connectivity index (χ1) is 9.32. The lowest BCUT2D eigenvalue weighted by atomic mass is 9.75. The van der Waals surface area contributed by atoms with Crippen LogP contribution in [-0.4, -0.2) is 30.8 Å². The SMILES string of the molecule is CC1(C)CCCC(NS(=O)(=O)c2cnn(CCN)c2)C1. The molecular formula is C13H24N4O2S. The van der Waals surface area contributed by atoms with Gasteiger partial charge in [-0.1, -0.05) is 20.3 Å². The number of sulfonamides is 1. The minimum absolute atomic E-state index is 0.0154. The number of aromatic nitrogens is 2. The fourth-order valence-corrected chi connectivity index (χ4v) is 4.05. The van der Waals surface area contributed by atoms with Gasteiger partial charge in [-0.25, -0.2) is 13.1 Å². The minimum Gasteiger partial charge on any atom is -0.329 e. The van der Waals surface area contributed by atoms with Crippen LogP contribution < -0.4 is 10.5 Å². The van der Waals surface area contributed by atoms with Gasteiger partial charge >= 0.3 is 0 Å². The molecule has 1 aromatic rings. The van der Waals surface area contributed by atoms with Gasteiger partial charge in [-0.15, -0.1) is 0 Å². The molecule has 1 atom stereocenters. The van der Waals surface area contributed by atoms with Gasteiger partial charge in [0, 0.05) is 18.8 Å².